The Balaban J connectivity index is 1.71. The summed E-state index contributed by atoms with van der Waals surface area (Å²) in [6.07, 6.45) is -4.52. The van der Waals surface area contributed by atoms with Crippen molar-refractivity contribution in [3.63, 3.8) is 0 Å². The highest BCUT2D eigenvalue weighted by Crippen LogP contribution is 2.37. The molecule has 0 aromatic heterocycles. The van der Waals surface area contributed by atoms with Gasteiger partial charge in [-0.25, -0.2) is 13.4 Å². The number of thioether (sulfide) groups is 1. The smallest absolute Gasteiger partial charge is 0.379 e. The van der Waals surface area contributed by atoms with Gasteiger partial charge in [0.05, 0.1) is 34.9 Å². The Kier molecular flexibility index (Phi) is 7.26. The van der Waals surface area contributed by atoms with Gasteiger partial charge < -0.3 is 4.74 Å². The molecule has 0 spiro atoms. The van der Waals surface area contributed by atoms with Gasteiger partial charge in [-0.15, -0.1) is 0 Å². The fraction of sp³-hybridized carbons (Fsp3) is 0.417. The second-order valence-electron chi connectivity index (χ2n) is 9.18. The topological polar surface area (TPSA) is 79.3 Å². The summed E-state index contributed by atoms with van der Waals surface area (Å²) in [4.78, 5) is 19.6. The lowest BCUT2D eigenvalue weighted by molar-refractivity contribution is -0.137. The number of halogens is 3. The summed E-state index contributed by atoms with van der Waals surface area (Å²) in [5.74, 6) is 0.00806. The number of ether oxygens (including phenoxy) is 1. The van der Waals surface area contributed by atoms with Crippen LogP contribution in [0.1, 0.15) is 35.3 Å². The quantitative estimate of drug-likeness (QED) is 0.561. The Morgan fingerprint density at radius 1 is 1.11 bits per heavy atom. The number of hydrogen-bond acceptors (Lipinski definition) is 6. The molecule has 2 aliphatic rings. The molecule has 0 radical (unpaired) electrons. The molecule has 2 heterocycles. The second kappa shape index (κ2) is 9.81. The van der Waals surface area contributed by atoms with Crippen molar-refractivity contribution >= 4 is 38.5 Å². The van der Waals surface area contributed by atoms with E-state index in [4.69, 9.17) is 4.74 Å². The fourth-order valence-corrected chi connectivity index (χ4v) is 6.66. The summed E-state index contributed by atoms with van der Waals surface area (Å²) in [6.45, 7) is 6.41. The van der Waals surface area contributed by atoms with E-state index in [9.17, 15) is 26.4 Å². The van der Waals surface area contributed by atoms with Crippen LogP contribution in [-0.2, 0) is 20.9 Å². The number of morpholine rings is 1. The van der Waals surface area contributed by atoms with Gasteiger partial charge in [-0.1, -0.05) is 23.9 Å². The largest absolute Gasteiger partial charge is 0.416 e. The highest BCUT2D eigenvalue weighted by molar-refractivity contribution is 8.14. The van der Waals surface area contributed by atoms with Gasteiger partial charge in [0, 0.05) is 24.4 Å². The predicted octanol–water partition coefficient (Wildman–Crippen LogP) is 4.69. The summed E-state index contributed by atoms with van der Waals surface area (Å²) in [6, 6.07) is 9.02. The number of hydrogen-bond donors (Lipinski definition) is 0. The molecule has 36 heavy (non-hydrogen) atoms. The molecule has 12 heteroatoms. The third-order valence-electron chi connectivity index (χ3n) is 6.00. The number of nitrogens with zero attached hydrogens (tertiary/aromatic N) is 3. The zero-order valence-corrected chi connectivity index (χ0v) is 21.6. The molecular weight excluding hydrogens is 515 g/mol. The molecule has 7 nitrogen and oxygen atoms in total. The number of amidine groups is 1. The number of carbonyl (C=O) groups is 1. The number of alkyl halides is 3. The lowest BCUT2D eigenvalue weighted by Crippen LogP contribution is -2.46. The Morgan fingerprint density at radius 3 is 2.47 bits per heavy atom. The fourth-order valence-electron chi connectivity index (χ4n) is 3.98. The molecule has 4 rings (SSSR count). The molecule has 0 atom stereocenters. The minimum absolute atomic E-state index is 0.000580. The minimum Gasteiger partial charge on any atom is -0.379 e. The van der Waals surface area contributed by atoms with Gasteiger partial charge in [-0.3, -0.25) is 9.69 Å². The zero-order valence-electron chi connectivity index (χ0n) is 20.0. The van der Waals surface area contributed by atoms with Crippen molar-refractivity contribution in [2.24, 2.45) is 4.99 Å². The maximum Gasteiger partial charge on any atom is 0.416 e. The van der Waals surface area contributed by atoms with Crippen LogP contribution in [0.2, 0.25) is 0 Å². The van der Waals surface area contributed by atoms with E-state index in [0.717, 1.165) is 12.1 Å². The van der Waals surface area contributed by atoms with Gasteiger partial charge in [-0.2, -0.15) is 17.5 Å². The van der Waals surface area contributed by atoms with Crippen molar-refractivity contribution < 1.29 is 31.1 Å². The molecule has 2 fully saturated rings. The van der Waals surface area contributed by atoms with Gasteiger partial charge in [0.25, 0.3) is 5.91 Å². The predicted molar refractivity (Wildman–Crippen MR) is 132 cm³/mol. The molecule has 1 amide bonds. The van der Waals surface area contributed by atoms with Gasteiger partial charge in [0.2, 0.25) is 10.0 Å². The number of sulfonamides is 1. The van der Waals surface area contributed by atoms with Crippen LogP contribution in [0.15, 0.2) is 52.4 Å². The van der Waals surface area contributed by atoms with Gasteiger partial charge >= 0.3 is 6.18 Å². The molecule has 0 N–H and O–H groups in total. The first-order valence-electron chi connectivity index (χ1n) is 11.2. The van der Waals surface area contributed by atoms with E-state index >= 15 is 0 Å². The van der Waals surface area contributed by atoms with E-state index in [0.29, 0.717) is 24.5 Å². The number of rotatable bonds is 4. The second-order valence-corrected chi connectivity index (χ2v) is 12.1. The number of amides is 1. The highest BCUT2D eigenvalue weighted by atomic mass is 32.2. The summed E-state index contributed by atoms with van der Waals surface area (Å²) in [5.41, 5.74) is -0.693. The van der Waals surface area contributed by atoms with E-state index in [2.05, 4.69) is 4.99 Å². The van der Waals surface area contributed by atoms with E-state index in [1.54, 1.807) is 13.0 Å². The van der Waals surface area contributed by atoms with Crippen molar-refractivity contribution in [2.45, 2.75) is 37.4 Å². The van der Waals surface area contributed by atoms with Gasteiger partial charge in [-0.05, 0) is 56.7 Å². The van der Waals surface area contributed by atoms with Crippen molar-refractivity contribution in [1.29, 1.82) is 0 Å². The van der Waals surface area contributed by atoms with Crippen LogP contribution in [0.4, 0.5) is 18.9 Å². The number of aliphatic imine (C=N–C) groups is 1. The van der Waals surface area contributed by atoms with Crippen LogP contribution in [0.3, 0.4) is 0 Å². The van der Waals surface area contributed by atoms with Crippen LogP contribution in [-0.4, -0.2) is 66.3 Å². The SMILES string of the molecule is Cc1ccc(S(=O)(=O)N2CCOCC2)cc1C(=O)N1C(=Nc2cccc(C(F)(F)F)c2)SCC1(C)C. The summed E-state index contributed by atoms with van der Waals surface area (Å²) < 4.78 is 72.4. The molecule has 2 aromatic rings. The molecule has 2 saturated heterocycles. The molecule has 2 aromatic carbocycles. The summed E-state index contributed by atoms with van der Waals surface area (Å²) in [7, 11) is -3.83. The summed E-state index contributed by atoms with van der Waals surface area (Å²) >= 11 is 1.26. The molecule has 2 aliphatic heterocycles. The third kappa shape index (κ3) is 5.31. The van der Waals surface area contributed by atoms with Crippen LogP contribution in [0.25, 0.3) is 0 Å². The lowest BCUT2D eigenvalue weighted by Gasteiger charge is -2.31. The number of carbonyl (C=O) groups excluding carboxylic acids is 1. The standard InChI is InChI=1S/C24H26F3N3O4S2/c1-16-7-8-19(36(32,33)29-9-11-34-12-10-29)14-20(16)21(31)30-22(35-15-23(30,2)3)28-18-6-4-5-17(13-18)24(25,26)27/h4-8,13-14H,9-12,15H2,1-3H3. The number of aryl methyl sites for hydroxylation is 1. The summed E-state index contributed by atoms with van der Waals surface area (Å²) in [5, 5.41) is 0.255. The molecular formula is C24H26F3N3O4S2. The lowest BCUT2D eigenvalue weighted by atomic mass is 10.0. The van der Waals surface area contributed by atoms with Gasteiger partial charge in [0.15, 0.2) is 5.17 Å². The molecule has 0 saturated carbocycles. The first-order valence-corrected chi connectivity index (χ1v) is 13.7. The third-order valence-corrected chi connectivity index (χ3v) is 9.28. The Hall–Kier alpha value is -2.41. The van der Waals surface area contributed by atoms with E-state index < -0.39 is 33.2 Å². The Bertz CT molecular complexity index is 1300. The highest BCUT2D eigenvalue weighted by Gasteiger charge is 2.42. The molecule has 194 valence electrons. The molecule has 0 unspecified atom stereocenters. The average molecular weight is 542 g/mol. The zero-order chi connectivity index (χ0) is 26.3. The van der Waals surface area contributed by atoms with Crippen molar-refractivity contribution in [1.82, 2.24) is 9.21 Å². The molecule has 0 bridgehead atoms. The van der Waals surface area contributed by atoms with Gasteiger partial charge in [0.1, 0.15) is 0 Å². The first kappa shape index (κ1) is 26.6. The van der Waals surface area contributed by atoms with Crippen LogP contribution in [0.5, 0.6) is 0 Å². The Labute approximate surface area is 212 Å². The van der Waals surface area contributed by atoms with Crippen LogP contribution < -0.4 is 0 Å². The van der Waals surface area contributed by atoms with Crippen LogP contribution in [0, 0.1) is 6.92 Å². The van der Waals surface area contributed by atoms with Crippen molar-refractivity contribution in [3.05, 3.63) is 59.2 Å². The number of benzene rings is 2. The average Bonchev–Trinajstić information content (AvgIpc) is 3.12. The van der Waals surface area contributed by atoms with Crippen molar-refractivity contribution in [2.75, 3.05) is 32.1 Å². The normalized spacial score (nSPS) is 20.2. The molecule has 0 aliphatic carbocycles. The maximum absolute atomic E-state index is 13.8. The van der Waals surface area contributed by atoms with E-state index in [-0.39, 0.29) is 34.4 Å². The Morgan fingerprint density at radius 2 is 1.81 bits per heavy atom. The first-order chi connectivity index (χ1) is 16.8. The minimum atomic E-state index is -4.52. The van der Waals surface area contributed by atoms with Crippen molar-refractivity contribution in [3.8, 4) is 0 Å². The van der Waals surface area contributed by atoms with E-state index in [1.165, 1.54) is 45.2 Å². The van der Waals surface area contributed by atoms with E-state index in [1.807, 2.05) is 13.8 Å². The monoisotopic (exact) mass is 541 g/mol. The van der Waals surface area contributed by atoms with Crippen LogP contribution >= 0.6 is 11.8 Å². The maximum atomic E-state index is 13.8.